The Morgan fingerprint density at radius 1 is 1.10 bits per heavy atom. The third-order valence-corrected chi connectivity index (χ3v) is 4.12. The van der Waals surface area contributed by atoms with Gasteiger partial charge in [0.05, 0.1) is 11.1 Å². The van der Waals surface area contributed by atoms with Crippen LogP contribution in [-0.2, 0) is 5.75 Å². The molecule has 5 nitrogen and oxygen atoms in total. The quantitative estimate of drug-likeness (QED) is 0.416. The lowest BCUT2D eigenvalue weighted by Crippen LogP contribution is -1.94. The summed E-state index contributed by atoms with van der Waals surface area (Å²) in [5.41, 5.74) is 0.820. The molecule has 0 unspecified atom stereocenters. The van der Waals surface area contributed by atoms with Crippen molar-refractivity contribution in [2.24, 2.45) is 0 Å². The van der Waals surface area contributed by atoms with Crippen LogP contribution in [-0.4, -0.2) is 15.1 Å². The molecule has 0 saturated carbocycles. The highest BCUT2D eigenvalue weighted by Gasteiger charge is 2.13. The lowest BCUT2D eigenvalue weighted by atomic mass is 10.2. The first-order chi connectivity index (χ1) is 10.3. The predicted molar refractivity (Wildman–Crippen MR) is 82.2 cm³/mol. The number of thioether (sulfide) groups is 1. The molecule has 2 aromatic carbocycles. The number of fused-ring (bicyclic) bond motifs is 1. The molecule has 0 bridgehead atoms. The van der Waals surface area contributed by atoms with Gasteiger partial charge in [-0.15, -0.1) is 5.10 Å². The Morgan fingerprint density at radius 2 is 1.86 bits per heavy atom. The number of nitrogens with zero attached hydrogens (tertiary/aromatic N) is 3. The normalized spacial score (nSPS) is 10.7. The first-order valence-electron chi connectivity index (χ1n) is 6.31. The van der Waals surface area contributed by atoms with Crippen LogP contribution < -0.4 is 0 Å². The average Bonchev–Trinajstić information content (AvgIpc) is 2.53. The van der Waals surface area contributed by atoms with Gasteiger partial charge in [-0.3, -0.25) is 10.1 Å². The monoisotopic (exact) mass is 297 g/mol. The zero-order valence-electron chi connectivity index (χ0n) is 11.0. The van der Waals surface area contributed by atoms with Crippen molar-refractivity contribution in [2.45, 2.75) is 10.8 Å². The molecule has 21 heavy (non-hydrogen) atoms. The molecule has 0 aliphatic heterocycles. The van der Waals surface area contributed by atoms with E-state index in [1.807, 2.05) is 24.3 Å². The van der Waals surface area contributed by atoms with E-state index in [1.54, 1.807) is 24.4 Å². The van der Waals surface area contributed by atoms with Crippen LogP contribution in [0.15, 0.2) is 59.8 Å². The SMILES string of the molecule is O=[N+]([O-])c1ccccc1CSc1nncc2ccccc12. The summed E-state index contributed by atoms with van der Waals surface area (Å²) in [6.07, 6.45) is 1.71. The summed E-state index contributed by atoms with van der Waals surface area (Å²) in [5, 5.41) is 21.9. The molecular formula is C15H11N3O2S. The maximum Gasteiger partial charge on any atom is 0.273 e. The molecule has 3 aromatic rings. The molecule has 104 valence electrons. The fraction of sp³-hybridized carbons (Fsp3) is 0.0667. The molecule has 0 aliphatic carbocycles. The first kappa shape index (κ1) is 13.5. The van der Waals surface area contributed by atoms with Crippen molar-refractivity contribution in [1.29, 1.82) is 0 Å². The lowest BCUT2D eigenvalue weighted by Gasteiger charge is -2.05. The van der Waals surface area contributed by atoms with Crippen LogP contribution >= 0.6 is 11.8 Å². The number of nitro benzene ring substituents is 1. The smallest absolute Gasteiger partial charge is 0.258 e. The van der Waals surface area contributed by atoms with Crippen LogP contribution in [0.25, 0.3) is 10.8 Å². The van der Waals surface area contributed by atoms with Crippen molar-refractivity contribution < 1.29 is 4.92 Å². The average molecular weight is 297 g/mol. The fourth-order valence-electron chi connectivity index (χ4n) is 2.07. The Labute approximate surface area is 125 Å². The zero-order chi connectivity index (χ0) is 14.7. The van der Waals surface area contributed by atoms with Crippen molar-refractivity contribution in [3.05, 3.63) is 70.4 Å². The molecule has 0 spiro atoms. The summed E-state index contributed by atoms with van der Waals surface area (Å²) >= 11 is 1.46. The number of hydrogen-bond acceptors (Lipinski definition) is 5. The van der Waals surface area contributed by atoms with Crippen molar-refractivity contribution in [2.75, 3.05) is 0 Å². The minimum atomic E-state index is -0.356. The maximum atomic E-state index is 11.0. The van der Waals surface area contributed by atoms with Crippen molar-refractivity contribution in [3.8, 4) is 0 Å². The Bertz CT molecular complexity index is 802. The first-order valence-corrected chi connectivity index (χ1v) is 7.30. The van der Waals surface area contributed by atoms with Gasteiger partial charge in [-0.1, -0.05) is 54.2 Å². The van der Waals surface area contributed by atoms with E-state index in [2.05, 4.69) is 10.2 Å². The third kappa shape index (κ3) is 2.85. The fourth-order valence-corrected chi connectivity index (χ4v) is 3.05. The Hall–Kier alpha value is -2.47. The minimum Gasteiger partial charge on any atom is -0.258 e. The molecule has 1 heterocycles. The molecular weight excluding hydrogens is 286 g/mol. The van der Waals surface area contributed by atoms with Gasteiger partial charge in [0.15, 0.2) is 0 Å². The van der Waals surface area contributed by atoms with Gasteiger partial charge in [0.25, 0.3) is 5.69 Å². The summed E-state index contributed by atoms with van der Waals surface area (Å²) in [7, 11) is 0. The zero-order valence-corrected chi connectivity index (χ0v) is 11.8. The van der Waals surface area contributed by atoms with Crippen LogP contribution in [0.1, 0.15) is 5.56 Å². The number of rotatable bonds is 4. The molecule has 1 aromatic heterocycles. The van der Waals surface area contributed by atoms with Gasteiger partial charge >= 0.3 is 0 Å². The number of aromatic nitrogens is 2. The number of benzene rings is 2. The Kier molecular flexibility index (Phi) is 3.79. The van der Waals surface area contributed by atoms with Gasteiger partial charge in [-0.05, 0) is 0 Å². The van der Waals surface area contributed by atoms with Crippen LogP contribution in [0.3, 0.4) is 0 Å². The second-order valence-electron chi connectivity index (χ2n) is 4.41. The molecule has 0 fully saturated rings. The number of nitro groups is 1. The summed E-state index contributed by atoms with van der Waals surface area (Å²) in [6.45, 7) is 0. The molecule has 0 aliphatic rings. The van der Waals surface area contributed by atoms with E-state index in [9.17, 15) is 10.1 Å². The second-order valence-corrected chi connectivity index (χ2v) is 5.38. The van der Waals surface area contributed by atoms with Gasteiger partial charge < -0.3 is 0 Å². The Balaban J connectivity index is 1.89. The minimum absolute atomic E-state index is 0.137. The van der Waals surface area contributed by atoms with Crippen LogP contribution in [0, 0.1) is 10.1 Å². The van der Waals surface area contributed by atoms with E-state index in [-0.39, 0.29) is 10.6 Å². The second kappa shape index (κ2) is 5.88. The highest BCUT2D eigenvalue weighted by molar-refractivity contribution is 7.98. The molecule has 6 heteroatoms. The highest BCUT2D eigenvalue weighted by Crippen LogP contribution is 2.30. The molecule has 0 amide bonds. The van der Waals surface area contributed by atoms with Gasteiger partial charge in [0.1, 0.15) is 5.03 Å². The number of hydrogen-bond donors (Lipinski definition) is 0. The van der Waals surface area contributed by atoms with E-state index in [4.69, 9.17) is 0 Å². The van der Waals surface area contributed by atoms with E-state index < -0.39 is 0 Å². The summed E-state index contributed by atoms with van der Waals surface area (Å²) < 4.78 is 0. The third-order valence-electron chi connectivity index (χ3n) is 3.09. The van der Waals surface area contributed by atoms with E-state index in [0.29, 0.717) is 11.3 Å². The summed E-state index contributed by atoms with van der Waals surface area (Å²) in [5.74, 6) is 0.486. The largest absolute Gasteiger partial charge is 0.273 e. The van der Waals surface area contributed by atoms with Crippen molar-refractivity contribution in [1.82, 2.24) is 10.2 Å². The maximum absolute atomic E-state index is 11.0. The van der Waals surface area contributed by atoms with Gasteiger partial charge in [-0.25, -0.2) is 0 Å². The standard InChI is InChI=1S/C15H11N3O2S/c19-18(20)14-8-4-2-6-12(14)10-21-15-13-7-3-1-5-11(13)9-16-17-15/h1-9H,10H2. The summed E-state index contributed by atoms with van der Waals surface area (Å²) in [6, 6.07) is 14.6. The van der Waals surface area contributed by atoms with Crippen LogP contribution in [0.2, 0.25) is 0 Å². The molecule has 0 radical (unpaired) electrons. The molecule has 0 atom stereocenters. The predicted octanol–water partition coefficient (Wildman–Crippen LogP) is 3.83. The summed E-state index contributed by atoms with van der Waals surface area (Å²) in [4.78, 5) is 10.7. The molecule has 0 saturated heterocycles. The van der Waals surface area contributed by atoms with Crippen LogP contribution in [0.4, 0.5) is 5.69 Å². The molecule has 3 rings (SSSR count). The van der Waals surface area contributed by atoms with E-state index in [0.717, 1.165) is 15.8 Å². The van der Waals surface area contributed by atoms with Gasteiger partial charge in [-0.2, -0.15) is 5.10 Å². The molecule has 0 N–H and O–H groups in total. The topological polar surface area (TPSA) is 68.9 Å². The van der Waals surface area contributed by atoms with Gasteiger partial charge in [0, 0.05) is 28.2 Å². The van der Waals surface area contributed by atoms with Crippen molar-refractivity contribution >= 4 is 28.2 Å². The van der Waals surface area contributed by atoms with Gasteiger partial charge in [0.2, 0.25) is 0 Å². The lowest BCUT2D eigenvalue weighted by molar-refractivity contribution is -0.385. The highest BCUT2D eigenvalue weighted by atomic mass is 32.2. The number of para-hydroxylation sites is 1. The van der Waals surface area contributed by atoms with Crippen molar-refractivity contribution in [3.63, 3.8) is 0 Å². The Morgan fingerprint density at radius 3 is 2.71 bits per heavy atom. The van der Waals surface area contributed by atoms with Crippen LogP contribution in [0.5, 0.6) is 0 Å². The van der Waals surface area contributed by atoms with E-state index >= 15 is 0 Å². The van der Waals surface area contributed by atoms with E-state index in [1.165, 1.54) is 17.8 Å².